The molecule has 34 heavy (non-hydrogen) atoms. The number of nitrogens with zero attached hydrogens (tertiary/aromatic N) is 1. The van der Waals surface area contributed by atoms with Gasteiger partial charge in [0, 0.05) is 13.6 Å². The number of likely N-dealkylation sites (tertiary alicyclic amines) is 1. The van der Waals surface area contributed by atoms with Gasteiger partial charge in [0.25, 0.3) is 5.91 Å². The quantitative estimate of drug-likeness (QED) is 0.429. The lowest BCUT2D eigenvalue weighted by molar-refractivity contribution is -0.163. The molecule has 2 aromatic rings. The van der Waals surface area contributed by atoms with E-state index in [9.17, 15) is 19.2 Å². The van der Waals surface area contributed by atoms with Crippen molar-refractivity contribution in [3.05, 3.63) is 59.7 Å². The zero-order chi connectivity index (χ0) is 24.7. The first-order chi connectivity index (χ1) is 16.2. The number of rotatable bonds is 9. The van der Waals surface area contributed by atoms with Crippen LogP contribution in [0.15, 0.2) is 48.5 Å². The fourth-order valence-electron chi connectivity index (χ4n) is 3.92. The number of hydrogen-bond acceptors (Lipinski definition) is 6. The van der Waals surface area contributed by atoms with Crippen LogP contribution < -0.4 is 15.4 Å². The topological polar surface area (TPSA) is 114 Å². The number of carbonyl (C=O) groups is 4. The van der Waals surface area contributed by atoms with Gasteiger partial charge in [-0.2, -0.15) is 0 Å². The molecule has 1 fully saturated rings. The Morgan fingerprint density at radius 1 is 1.09 bits per heavy atom. The second-order valence-electron chi connectivity index (χ2n) is 8.33. The van der Waals surface area contributed by atoms with Gasteiger partial charge in [0.15, 0.2) is 12.0 Å². The van der Waals surface area contributed by atoms with Gasteiger partial charge in [-0.1, -0.05) is 36.4 Å². The van der Waals surface area contributed by atoms with Crippen LogP contribution in [0.3, 0.4) is 0 Å². The van der Waals surface area contributed by atoms with E-state index in [0.29, 0.717) is 24.4 Å². The molecule has 1 unspecified atom stereocenters. The van der Waals surface area contributed by atoms with E-state index in [1.54, 1.807) is 19.2 Å². The van der Waals surface area contributed by atoms with Crippen LogP contribution in [0.25, 0.3) is 0 Å². The normalized spacial score (nSPS) is 17.3. The van der Waals surface area contributed by atoms with Crippen LogP contribution in [-0.2, 0) is 30.3 Å². The summed E-state index contributed by atoms with van der Waals surface area (Å²) >= 11 is 0. The second kappa shape index (κ2) is 10.8. The fraction of sp³-hybridized carbons (Fsp3) is 0.360. The third kappa shape index (κ3) is 5.72. The lowest BCUT2D eigenvalue weighted by Crippen LogP contribution is -2.44. The van der Waals surface area contributed by atoms with E-state index >= 15 is 0 Å². The van der Waals surface area contributed by atoms with E-state index in [1.165, 1.54) is 12.0 Å². The molecule has 9 nitrogen and oxygen atoms in total. The highest BCUT2D eigenvalue weighted by Gasteiger charge is 2.52. The van der Waals surface area contributed by atoms with E-state index in [-0.39, 0.29) is 18.9 Å². The highest BCUT2D eigenvalue weighted by molar-refractivity contribution is 6.05. The maximum Gasteiger partial charge on any atom is 0.322 e. The van der Waals surface area contributed by atoms with Crippen molar-refractivity contribution in [1.29, 1.82) is 0 Å². The molecular weight excluding hydrogens is 438 g/mol. The molecule has 0 aromatic heterocycles. The third-order valence-corrected chi connectivity index (χ3v) is 5.78. The lowest BCUT2D eigenvalue weighted by Gasteiger charge is -2.25. The summed E-state index contributed by atoms with van der Waals surface area (Å²) in [5.74, 6) is -1.68. The Kier molecular flexibility index (Phi) is 7.88. The van der Waals surface area contributed by atoms with Crippen molar-refractivity contribution in [2.45, 2.75) is 19.8 Å². The highest BCUT2D eigenvalue weighted by Crippen LogP contribution is 2.36. The standard InChI is InChI=1S/C25H29N3O6/c1-17-9-10-20(33-3)19(13-17)27-21(29)15-26-22(30)16-34-24(32)25(11-12-28(2)23(25)31)14-18-7-5-4-6-8-18/h4-10,13H,11-12,14-16H2,1-3H3,(H,26,30)(H,27,29). The number of ether oxygens (including phenoxy) is 2. The summed E-state index contributed by atoms with van der Waals surface area (Å²) in [5.41, 5.74) is 0.884. The molecule has 2 aromatic carbocycles. The molecule has 3 rings (SSSR count). The van der Waals surface area contributed by atoms with Crippen LogP contribution in [0.4, 0.5) is 5.69 Å². The second-order valence-corrected chi connectivity index (χ2v) is 8.33. The molecule has 0 saturated carbocycles. The molecule has 1 saturated heterocycles. The Morgan fingerprint density at radius 2 is 1.82 bits per heavy atom. The van der Waals surface area contributed by atoms with Gasteiger partial charge in [0.1, 0.15) is 5.75 Å². The van der Waals surface area contributed by atoms with E-state index < -0.39 is 29.8 Å². The van der Waals surface area contributed by atoms with E-state index in [1.807, 2.05) is 43.3 Å². The summed E-state index contributed by atoms with van der Waals surface area (Å²) in [6.07, 6.45) is 0.497. The van der Waals surface area contributed by atoms with Gasteiger partial charge >= 0.3 is 5.97 Å². The van der Waals surface area contributed by atoms with Gasteiger partial charge in [0.2, 0.25) is 11.8 Å². The number of nitrogens with one attached hydrogen (secondary N) is 2. The number of benzene rings is 2. The first-order valence-electron chi connectivity index (χ1n) is 10.9. The average Bonchev–Trinajstić information content (AvgIpc) is 3.11. The van der Waals surface area contributed by atoms with Gasteiger partial charge in [-0.25, -0.2) is 0 Å². The summed E-state index contributed by atoms with van der Waals surface area (Å²) in [6.45, 7) is 1.40. The minimum absolute atomic E-state index is 0.193. The van der Waals surface area contributed by atoms with Crippen molar-refractivity contribution in [1.82, 2.24) is 10.2 Å². The molecule has 0 bridgehead atoms. The molecule has 180 valence electrons. The SMILES string of the molecule is COc1ccc(C)cc1NC(=O)CNC(=O)COC(=O)C1(Cc2ccccc2)CCN(C)C1=O. The minimum atomic E-state index is -1.37. The molecular formula is C25H29N3O6. The smallest absolute Gasteiger partial charge is 0.322 e. The van der Waals surface area contributed by atoms with Gasteiger partial charge in [-0.3, -0.25) is 19.2 Å². The summed E-state index contributed by atoms with van der Waals surface area (Å²) in [7, 11) is 3.13. The lowest BCUT2D eigenvalue weighted by atomic mass is 9.80. The van der Waals surface area contributed by atoms with E-state index in [0.717, 1.165) is 11.1 Å². The number of aryl methyl sites for hydroxylation is 1. The predicted octanol–water partition coefficient (Wildman–Crippen LogP) is 1.69. The van der Waals surface area contributed by atoms with Crippen molar-refractivity contribution in [3.8, 4) is 5.75 Å². The van der Waals surface area contributed by atoms with Gasteiger partial charge in [0.05, 0.1) is 19.3 Å². The number of hydrogen-bond donors (Lipinski definition) is 2. The maximum absolute atomic E-state index is 13.0. The van der Waals surface area contributed by atoms with E-state index in [4.69, 9.17) is 9.47 Å². The van der Waals surface area contributed by atoms with E-state index in [2.05, 4.69) is 10.6 Å². The van der Waals surface area contributed by atoms with Crippen LogP contribution >= 0.6 is 0 Å². The maximum atomic E-state index is 13.0. The van der Waals surface area contributed by atoms with Gasteiger partial charge < -0.3 is 25.0 Å². The number of amides is 3. The molecule has 1 atom stereocenters. The van der Waals surface area contributed by atoms with Gasteiger partial charge in [-0.15, -0.1) is 0 Å². The average molecular weight is 468 g/mol. The first kappa shape index (κ1) is 24.8. The monoisotopic (exact) mass is 467 g/mol. The van der Waals surface area contributed by atoms with Crippen molar-refractivity contribution >= 4 is 29.4 Å². The summed E-state index contributed by atoms with van der Waals surface area (Å²) in [6, 6.07) is 14.5. The highest BCUT2D eigenvalue weighted by atomic mass is 16.5. The van der Waals surface area contributed by atoms with Crippen molar-refractivity contribution in [2.75, 3.05) is 39.2 Å². The molecule has 0 spiro atoms. The summed E-state index contributed by atoms with van der Waals surface area (Å²) in [5, 5.41) is 5.09. The summed E-state index contributed by atoms with van der Waals surface area (Å²) in [4.78, 5) is 51.8. The van der Waals surface area contributed by atoms with Crippen molar-refractivity contribution in [3.63, 3.8) is 0 Å². The largest absolute Gasteiger partial charge is 0.495 e. The first-order valence-corrected chi connectivity index (χ1v) is 10.9. The third-order valence-electron chi connectivity index (χ3n) is 5.78. The molecule has 1 aliphatic heterocycles. The Bertz CT molecular complexity index is 1070. The fourth-order valence-corrected chi connectivity index (χ4v) is 3.92. The van der Waals surface area contributed by atoms with Crippen molar-refractivity contribution in [2.24, 2.45) is 5.41 Å². The number of carbonyl (C=O) groups excluding carboxylic acids is 4. The number of esters is 1. The Morgan fingerprint density at radius 3 is 2.47 bits per heavy atom. The minimum Gasteiger partial charge on any atom is -0.495 e. The Labute approximate surface area is 198 Å². The van der Waals surface area contributed by atoms with Crippen LogP contribution in [-0.4, -0.2) is 62.4 Å². The molecule has 0 aliphatic carbocycles. The molecule has 2 N–H and O–H groups in total. The molecule has 9 heteroatoms. The number of anilines is 1. The van der Waals surface area contributed by atoms with Crippen LogP contribution in [0.2, 0.25) is 0 Å². The summed E-state index contributed by atoms with van der Waals surface area (Å²) < 4.78 is 10.5. The zero-order valence-electron chi connectivity index (χ0n) is 19.6. The van der Waals surface area contributed by atoms with Crippen LogP contribution in [0, 0.1) is 12.3 Å². The Balaban J connectivity index is 1.55. The predicted molar refractivity (Wildman–Crippen MR) is 125 cm³/mol. The van der Waals surface area contributed by atoms with Crippen molar-refractivity contribution < 1.29 is 28.7 Å². The molecule has 3 amide bonds. The van der Waals surface area contributed by atoms with Gasteiger partial charge in [-0.05, 0) is 43.0 Å². The molecule has 1 aliphatic rings. The number of methoxy groups -OCH3 is 1. The molecule has 0 radical (unpaired) electrons. The van der Waals surface area contributed by atoms with Crippen LogP contribution in [0.1, 0.15) is 17.5 Å². The molecule has 1 heterocycles. The zero-order valence-corrected chi connectivity index (χ0v) is 19.6. The van der Waals surface area contributed by atoms with Crippen LogP contribution in [0.5, 0.6) is 5.75 Å². The Hall–Kier alpha value is -3.88.